The van der Waals surface area contributed by atoms with Gasteiger partial charge >= 0.3 is 27.1 Å². The first-order valence-electron chi connectivity index (χ1n) is 8.30. The highest BCUT2D eigenvalue weighted by Crippen LogP contribution is 2.47. The van der Waals surface area contributed by atoms with Crippen molar-refractivity contribution < 1.29 is 37.9 Å². The van der Waals surface area contributed by atoms with Crippen LogP contribution < -0.4 is 9.79 Å². The van der Waals surface area contributed by atoms with Crippen LogP contribution >= 0.6 is 16.1 Å². The van der Waals surface area contributed by atoms with Crippen molar-refractivity contribution in [3.05, 3.63) is 35.4 Å². The molecule has 0 aliphatic rings. The Morgan fingerprint density at radius 1 is 0.692 bits per heavy atom. The van der Waals surface area contributed by atoms with Gasteiger partial charge in [-0.15, -0.1) is 0 Å². The second kappa shape index (κ2) is 10.5. The van der Waals surface area contributed by atoms with Gasteiger partial charge in [0.1, 0.15) is 0 Å². The lowest BCUT2D eigenvalue weighted by molar-refractivity contribution is -0.242. The van der Waals surface area contributed by atoms with Crippen LogP contribution in [0.1, 0.15) is 38.8 Å². The van der Waals surface area contributed by atoms with Gasteiger partial charge in [-0.3, -0.25) is 0 Å². The van der Waals surface area contributed by atoms with Crippen LogP contribution in [0.5, 0.6) is 0 Å². The maximum absolute atomic E-state index is 11.8. The Hall–Kier alpha value is -0.820. The molecule has 0 aliphatic carbocycles. The van der Waals surface area contributed by atoms with Gasteiger partial charge in [-0.25, -0.2) is 0 Å². The molecule has 0 saturated carbocycles. The van der Waals surface area contributed by atoms with E-state index in [4.69, 9.17) is 18.9 Å². The minimum atomic E-state index is -3.13. The monoisotopic (exact) mass is 406 g/mol. The lowest BCUT2D eigenvalue weighted by Crippen LogP contribution is -2.34. The Balaban J connectivity index is 3.41. The highest BCUT2D eigenvalue weighted by Gasteiger charge is 2.51. The fourth-order valence-electron chi connectivity index (χ4n) is 2.51. The maximum atomic E-state index is 11.8. The molecule has 0 aromatic heterocycles. The summed E-state index contributed by atoms with van der Waals surface area (Å²) in [4.78, 5) is 23.7. The topological polar surface area (TPSA) is 117 Å². The third-order valence-corrected chi connectivity index (χ3v) is 5.45. The summed E-state index contributed by atoms with van der Waals surface area (Å²) in [7, 11) is -6.25. The summed E-state index contributed by atoms with van der Waals surface area (Å²) in [6.07, 6.45) is 0. The summed E-state index contributed by atoms with van der Waals surface area (Å²) in [6, 6.07) is 5.71. The van der Waals surface area contributed by atoms with Crippen LogP contribution in [0.3, 0.4) is 0 Å². The first kappa shape index (κ1) is 23.2. The molecule has 2 atom stereocenters. The molecule has 1 rings (SSSR count). The van der Waals surface area contributed by atoms with Gasteiger partial charge in [-0.2, -0.15) is 0 Å². The number of benzene rings is 1. The minimum absolute atomic E-state index is 0.110. The predicted molar refractivity (Wildman–Crippen MR) is 91.5 cm³/mol. The molecular formula is C16H24O8P2. The van der Waals surface area contributed by atoms with Gasteiger partial charge in [0.2, 0.25) is 0 Å². The molecule has 0 bridgehead atoms. The van der Waals surface area contributed by atoms with Crippen molar-refractivity contribution in [1.82, 2.24) is 0 Å². The Morgan fingerprint density at radius 3 is 1.08 bits per heavy atom. The van der Waals surface area contributed by atoms with Crippen LogP contribution in [0, 0.1) is 0 Å². The summed E-state index contributed by atoms with van der Waals surface area (Å²) in [5, 5.41) is 0. The second-order valence-corrected chi connectivity index (χ2v) is 7.19. The summed E-state index contributed by atoms with van der Waals surface area (Å²) in [5.74, 6) is 0. The molecule has 146 valence electrons. The molecule has 8 nitrogen and oxygen atoms in total. The molecule has 0 aliphatic heterocycles. The second-order valence-electron chi connectivity index (χ2n) is 4.99. The van der Waals surface area contributed by atoms with Gasteiger partial charge in [-0.05, 0) is 52.0 Å². The van der Waals surface area contributed by atoms with Gasteiger partial charge < -0.3 is 28.7 Å². The molecule has 0 radical (unpaired) electrons. The van der Waals surface area contributed by atoms with Crippen molar-refractivity contribution in [3.8, 4) is 0 Å². The molecule has 0 heterocycles. The van der Waals surface area contributed by atoms with E-state index >= 15 is 0 Å². The number of rotatable bonds is 12. The molecule has 0 spiro atoms. The number of hydrogen-bond acceptors (Lipinski definition) is 8. The average molecular weight is 406 g/mol. The van der Waals surface area contributed by atoms with Gasteiger partial charge in [-0.1, -0.05) is 9.13 Å². The zero-order valence-corrected chi connectivity index (χ0v) is 17.1. The fourth-order valence-corrected chi connectivity index (χ4v) is 4.17. The maximum Gasteiger partial charge on any atom is 0.399 e. The Kier molecular flexibility index (Phi) is 9.38. The van der Waals surface area contributed by atoms with Crippen LogP contribution in [-0.2, 0) is 39.1 Å². The van der Waals surface area contributed by atoms with Crippen molar-refractivity contribution in [2.75, 3.05) is 26.4 Å². The number of hydrogen-bond donors (Lipinski definition) is 0. The Labute approximate surface area is 155 Å². The van der Waals surface area contributed by atoms with Crippen molar-refractivity contribution in [3.63, 3.8) is 0 Å². The van der Waals surface area contributed by atoms with Crippen LogP contribution in [-0.4, -0.2) is 26.4 Å². The van der Waals surface area contributed by atoms with E-state index in [0.717, 1.165) is 0 Å². The summed E-state index contributed by atoms with van der Waals surface area (Å²) < 4.78 is 45.2. The van der Waals surface area contributed by atoms with Crippen molar-refractivity contribution in [1.29, 1.82) is 0 Å². The van der Waals surface area contributed by atoms with Crippen molar-refractivity contribution in [2.24, 2.45) is 0 Å². The van der Waals surface area contributed by atoms with E-state index in [0.29, 0.717) is 0 Å². The lowest BCUT2D eigenvalue weighted by atomic mass is 10.1. The number of ether oxygens (including phenoxy) is 4. The molecule has 0 saturated heterocycles. The van der Waals surface area contributed by atoms with Crippen LogP contribution in [0.15, 0.2) is 24.3 Å². The van der Waals surface area contributed by atoms with E-state index in [1.165, 1.54) is 24.3 Å². The van der Waals surface area contributed by atoms with E-state index in [9.17, 15) is 18.9 Å². The molecule has 10 heteroatoms. The quantitative estimate of drug-likeness (QED) is 0.383. The standard InChI is InChI=1S/C16H24O8P2/c1-5-21-15(22-6-2,25(17)18)13-9-11-14(12-10-13)16(23-7-3,24-8-4)26(19)20/h9-12H,5-8H2,1-4H3. The van der Waals surface area contributed by atoms with E-state index < -0.39 is 27.1 Å². The van der Waals surface area contributed by atoms with Crippen molar-refractivity contribution in [2.45, 2.75) is 38.8 Å². The molecule has 26 heavy (non-hydrogen) atoms. The predicted octanol–water partition coefficient (Wildman–Crippen LogP) is 2.26. The molecular weight excluding hydrogens is 382 g/mol. The third kappa shape index (κ3) is 4.71. The minimum Gasteiger partial charge on any atom is -0.591 e. The zero-order valence-electron chi connectivity index (χ0n) is 15.3. The molecule has 0 amide bonds. The smallest absolute Gasteiger partial charge is 0.399 e. The molecule has 1 aromatic carbocycles. The SMILES string of the molecule is CCOC(OCC)(c1ccc(C(OCC)(OCC)[P+](=O)[O-])cc1)[P+](=O)[O-]. The normalized spacial score (nSPS) is 13.6. The Bertz CT molecular complexity index is 540. The molecule has 0 fully saturated rings. The van der Waals surface area contributed by atoms with Crippen LogP contribution in [0.25, 0.3) is 0 Å². The van der Waals surface area contributed by atoms with Crippen LogP contribution in [0.4, 0.5) is 0 Å². The van der Waals surface area contributed by atoms with E-state index in [1.54, 1.807) is 27.7 Å². The highest BCUT2D eigenvalue weighted by atomic mass is 31.1. The Morgan fingerprint density at radius 2 is 0.923 bits per heavy atom. The lowest BCUT2D eigenvalue weighted by Gasteiger charge is -2.27. The fraction of sp³-hybridized carbons (Fsp3) is 0.625. The first-order valence-corrected chi connectivity index (χ1v) is 10.7. The van der Waals surface area contributed by atoms with Gasteiger partial charge in [0, 0.05) is 0 Å². The van der Waals surface area contributed by atoms with Crippen LogP contribution in [0.2, 0.25) is 0 Å². The third-order valence-electron chi connectivity index (χ3n) is 3.46. The summed E-state index contributed by atoms with van der Waals surface area (Å²) >= 11 is 0. The largest absolute Gasteiger partial charge is 0.591 e. The van der Waals surface area contributed by atoms with E-state index in [1.807, 2.05) is 0 Å². The summed E-state index contributed by atoms with van der Waals surface area (Å²) in [6.45, 7) is 7.05. The molecule has 0 N–H and O–H groups in total. The van der Waals surface area contributed by atoms with Gasteiger partial charge in [0.05, 0.1) is 37.6 Å². The first-order chi connectivity index (χ1) is 12.3. The zero-order chi connectivity index (χ0) is 19.8. The molecule has 2 unspecified atom stereocenters. The van der Waals surface area contributed by atoms with Crippen molar-refractivity contribution >= 4 is 16.1 Å². The molecule has 1 aromatic rings. The van der Waals surface area contributed by atoms with E-state index in [2.05, 4.69) is 0 Å². The summed E-state index contributed by atoms with van der Waals surface area (Å²) in [5.41, 5.74) is -3.42. The van der Waals surface area contributed by atoms with E-state index in [-0.39, 0.29) is 37.6 Å². The van der Waals surface area contributed by atoms with Gasteiger partial charge in [0.25, 0.3) is 0 Å². The highest BCUT2D eigenvalue weighted by molar-refractivity contribution is 7.37. The van der Waals surface area contributed by atoms with Gasteiger partial charge in [0.15, 0.2) is 0 Å². The average Bonchev–Trinajstić information content (AvgIpc) is 2.61.